The van der Waals surface area contributed by atoms with Crippen molar-refractivity contribution in [1.29, 1.82) is 0 Å². The Morgan fingerprint density at radius 3 is 2.41 bits per heavy atom. The van der Waals surface area contributed by atoms with E-state index in [-0.39, 0.29) is 0 Å². The molecule has 0 bridgehead atoms. The first-order chi connectivity index (χ1) is 12.3. The van der Waals surface area contributed by atoms with Crippen molar-refractivity contribution in [2.75, 3.05) is 18.9 Å². The van der Waals surface area contributed by atoms with Gasteiger partial charge in [0.2, 0.25) is 11.7 Å². The minimum Gasteiger partial charge on any atom is -0.394 e. The smallest absolute Gasteiger partial charge is 0.280 e. The summed E-state index contributed by atoms with van der Waals surface area (Å²) in [5, 5.41) is 53.5. The van der Waals surface area contributed by atoms with Gasteiger partial charge in [0.25, 0.3) is 16.0 Å². The summed E-state index contributed by atoms with van der Waals surface area (Å²) in [6.45, 7) is -0.397. The molecule has 1 heterocycles. The van der Waals surface area contributed by atoms with Gasteiger partial charge in [0.1, 0.15) is 18.3 Å². The monoisotopic (exact) mass is 416 g/mol. The largest absolute Gasteiger partial charge is 0.394 e. The Labute approximate surface area is 154 Å². The van der Waals surface area contributed by atoms with Crippen molar-refractivity contribution >= 4 is 21.9 Å². The fourth-order valence-corrected chi connectivity index (χ4v) is 2.94. The summed E-state index contributed by atoms with van der Waals surface area (Å²) in [7, 11) is -4.38. The predicted octanol–water partition coefficient (Wildman–Crippen LogP) is -4.95. The van der Waals surface area contributed by atoms with Gasteiger partial charge >= 0.3 is 0 Å². The number of ether oxygens (including phenoxy) is 1. The maximum absolute atomic E-state index is 12.1. The van der Waals surface area contributed by atoms with Crippen LogP contribution in [0, 0.1) is 0 Å². The summed E-state index contributed by atoms with van der Waals surface area (Å²) in [5.41, 5.74) is 0. The van der Waals surface area contributed by atoms with Gasteiger partial charge in [-0.05, 0) is 0 Å². The zero-order chi connectivity index (χ0) is 21.0. The van der Waals surface area contributed by atoms with Crippen LogP contribution in [-0.4, -0.2) is 105 Å². The van der Waals surface area contributed by atoms with E-state index in [4.69, 9.17) is 14.4 Å². The molecule has 1 aliphatic heterocycles. The number of hydrogen-bond donors (Lipinski definition) is 8. The first-order valence-corrected chi connectivity index (χ1v) is 9.47. The van der Waals surface area contributed by atoms with Gasteiger partial charge in [-0.1, -0.05) is 0 Å². The molecule has 13 nitrogen and oxygen atoms in total. The average Bonchev–Trinajstić information content (AvgIpc) is 2.54. The second kappa shape index (κ2) is 9.20. The third-order valence-electron chi connectivity index (χ3n) is 3.87. The van der Waals surface area contributed by atoms with Gasteiger partial charge in [-0.15, -0.1) is 0 Å². The minimum atomic E-state index is -4.38. The highest BCUT2D eigenvalue weighted by atomic mass is 32.2. The Kier molecular flexibility index (Phi) is 8.06. The van der Waals surface area contributed by atoms with Crippen LogP contribution >= 0.6 is 0 Å². The molecule has 1 unspecified atom stereocenters. The molecule has 0 aliphatic carbocycles. The number of carbonyl (C=O) groups is 2. The summed E-state index contributed by atoms with van der Waals surface area (Å²) in [6.07, 6.45) is -7.74. The zero-order valence-electron chi connectivity index (χ0n) is 14.3. The van der Waals surface area contributed by atoms with Crippen molar-refractivity contribution in [2.45, 2.75) is 49.6 Å². The maximum atomic E-state index is 12.1. The molecule has 0 saturated carbocycles. The highest BCUT2D eigenvalue weighted by molar-refractivity contribution is 7.85. The molecule has 2 amide bonds. The number of hydrogen-bond acceptors (Lipinski definition) is 10. The van der Waals surface area contributed by atoms with E-state index in [0.717, 1.165) is 6.92 Å². The molecule has 27 heavy (non-hydrogen) atoms. The third-order valence-corrected chi connectivity index (χ3v) is 4.59. The Bertz CT molecular complexity index is 642. The first kappa shape index (κ1) is 23.6. The number of aliphatic hydroxyl groups is 5. The number of rotatable bonds is 8. The first-order valence-electron chi connectivity index (χ1n) is 7.86. The molecule has 1 saturated heterocycles. The van der Waals surface area contributed by atoms with E-state index < -0.39 is 83.5 Å². The lowest BCUT2D eigenvalue weighted by Crippen LogP contribution is -2.68. The quantitative estimate of drug-likeness (QED) is 0.175. The van der Waals surface area contributed by atoms with Crippen LogP contribution < -0.4 is 10.6 Å². The number of aliphatic hydroxyl groups excluding tert-OH is 4. The van der Waals surface area contributed by atoms with Crippen molar-refractivity contribution in [1.82, 2.24) is 10.6 Å². The highest BCUT2D eigenvalue weighted by Gasteiger charge is 2.53. The molecule has 0 aromatic carbocycles. The molecule has 6 atom stereocenters. The van der Waals surface area contributed by atoms with Gasteiger partial charge in [-0.2, -0.15) is 8.42 Å². The van der Waals surface area contributed by atoms with Crippen molar-refractivity contribution in [2.24, 2.45) is 0 Å². The SMILES string of the molecule is CC(=O)N[C@H]1[C@H]([C@H](O)[C@H](O)CO)OC(O)(C(=O)NCCS(=O)(=O)O)C[C@@H]1O. The van der Waals surface area contributed by atoms with E-state index in [0.29, 0.717) is 0 Å². The zero-order valence-corrected chi connectivity index (χ0v) is 15.2. The predicted molar refractivity (Wildman–Crippen MR) is 86.6 cm³/mol. The van der Waals surface area contributed by atoms with E-state index in [9.17, 15) is 38.4 Å². The van der Waals surface area contributed by atoms with Crippen molar-refractivity contribution in [3.05, 3.63) is 0 Å². The normalized spacial score (nSPS) is 31.0. The van der Waals surface area contributed by atoms with Crippen LogP contribution in [0.25, 0.3) is 0 Å². The second-order valence-corrected chi connectivity index (χ2v) is 7.72. The lowest BCUT2D eigenvalue weighted by atomic mass is 9.88. The van der Waals surface area contributed by atoms with E-state index in [2.05, 4.69) is 5.32 Å². The Hall–Kier alpha value is -1.39. The molecule has 8 N–H and O–H groups in total. The summed E-state index contributed by atoms with van der Waals surface area (Å²) >= 11 is 0. The van der Waals surface area contributed by atoms with Gasteiger partial charge in [-0.3, -0.25) is 14.1 Å². The Morgan fingerprint density at radius 2 is 1.93 bits per heavy atom. The van der Waals surface area contributed by atoms with Gasteiger partial charge in [-0.25, -0.2) is 0 Å². The van der Waals surface area contributed by atoms with E-state index >= 15 is 0 Å². The molecule has 1 rings (SSSR count). The molecule has 1 aliphatic rings. The van der Waals surface area contributed by atoms with E-state index in [1.165, 1.54) is 0 Å². The minimum absolute atomic E-state index is 0.582. The van der Waals surface area contributed by atoms with Crippen LogP contribution in [0.4, 0.5) is 0 Å². The second-order valence-electron chi connectivity index (χ2n) is 6.15. The van der Waals surface area contributed by atoms with Gasteiger partial charge in [0, 0.05) is 19.9 Å². The summed E-state index contributed by atoms with van der Waals surface area (Å²) in [6, 6.07) is -1.33. The van der Waals surface area contributed by atoms with Gasteiger partial charge < -0.3 is 40.9 Å². The molecule has 1 fully saturated rings. The number of carbonyl (C=O) groups excluding carboxylic acids is 2. The van der Waals surface area contributed by atoms with E-state index in [1.54, 1.807) is 0 Å². The van der Waals surface area contributed by atoms with Crippen molar-refractivity contribution < 1.29 is 52.8 Å². The number of amides is 2. The molecule has 0 aromatic heterocycles. The standard InChI is InChI=1S/C13H24N2O11S/c1-6(17)15-9-7(18)4-13(22,12(21)14-2-3-27(23,24)25)26-11(9)10(20)8(19)5-16/h7-11,16,18-20,22H,2-5H2,1H3,(H,14,21)(H,15,17)(H,23,24,25)/t7-,8+,9+,10+,11+,13?/m0/s1. The van der Waals surface area contributed by atoms with Crippen LogP contribution in [0.5, 0.6) is 0 Å². The number of nitrogens with one attached hydrogen (secondary N) is 2. The van der Waals surface area contributed by atoms with Gasteiger partial charge in [0.15, 0.2) is 0 Å². The topological polar surface area (TPSA) is 223 Å². The van der Waals surface area contributed by atoms with Gasteiger partial charge in [0.05, 0.1) is 24.5 Å². The van der Waals surface area contributed by atoms with E-state index in [1.807, 2.05) is 5.32 Å². The fraction of sp³-hybridized carbons (Fsp3) is 0.846. The highest BCUT2D eigenvalue weighted by Crippen LogP contribution is 2.30. The molecule has 0 spiro atoms. The van der Waals surface area contributed by atoms with Crippen molar-refractivity contribution in [3.8, 4) is 0 Å². The fourth-order valence-electron chi connectivity index (χ4n) is 2.58. The lowest BCUT2D eigenvalue weighted by molar-refractivity contribution is -0.287. The summed E-state index contributed by atoms with van der Waals surface area (Å²) < 4.78 is 35.1. The maximum Gasteiger partial charge on any atom is 0.280 e. The Morgan fingerprint density at radius 1 is 1.33 bits per heavy atom. The summed E-state index contributed by atoms with van der Waals surface area (Å²) in [4.78, 5) is 23.4. The van der Waals surface area contributed by atoms with Crippen LogP contribution in [0.3, 0.4) is 0 Å². The van der Waals surface area contributed by atoms with Crippen LogP contribution in [0.15, 0.2) is 0 Å². The van der Waals surface area contributed by atoms with Crippen LogP contribution in [0.2, 0.25) is 0 Å². The van der Waals surface area contributed by atoms with Crippen LogP contribution in [0.1, 0.15) is 13.3 Å². The van der Waals surface area contributed by atoms with Crippen LogP contribution in [-0.2, 0) is 24.4 Å². The molecular formula is C13H24N2O11S. The molecule has 158 valence electrons. The summed E-state index contributed by atoms with van der Waals surface area (Å²) in [5.74, 6) is -5.50. The van der Waals surface area contributed by atoms with Crippen molar-refractivity contribution in [3.63, 3.8) is 0 Å². The lowest BCUT2D eigenvalue weighted by Gasteiger charge is -2.45. The third kappa shape index (κ3) is 6.62. The molecule has 0 aromatic rings. The average molecular weight is 416 g/mol. The molecule has 0 radical (unpaired) electrons. The Balaban J connectivity index is 3.00. The molecular weight excluding hydrogens is 392 g/mol. The molecule has 14 heteroatoms.